The fourth-order valence-electron chi connectivity index (χ4n) is 5.97. The highest BCUT2D eigenvalue weighted by atomic mass is 35.5. The van der Waals surface area contributed by atoms with Gasteiger partial charge in [-0.2, -0.15) is 0 Å². The van der Waals surface area contributed by atoms with Gasteiger partial charge in [0.1, 0.15) is 0 Å². The Balaban J connectivity index is 1.27. The lowest BCUT2D eigenvalue weighted by Crippen LogP contribution is -2.56. The number of aliphatic hydroxyl groups excluding tert-OH is 1. The number of carbonyl (C=O) groups is 2. The second-order valence-corrected chi connectivity index (χ2v) is 13.8. The molecule has 0 radical (unpaired) electrons. The molecular formula is C36H44ClNO7. The fourth-order valence-corrected chi connectivity index (χ4v) is 6.16. The van der Waals surface area contributed by atoms with Crippen molar-refractivity contribution in [1.29, 1.82) is 0 Å². The second-order valence-electron chi connectivity index (χ2n) is 13.4. The van der Waals surface area contributed by atoms with Gasteiger partial charge in [0.2, 0.25) is 0 Å². The monoisotopic (exact) mass is 637 g/mol. The van der Waals surface area contributed by atoms with Crippen LogP contribution in [0.15, 0.2) is 66.8 Å². The minimum absolute atomic E-state index is 0.00512. The van der Waals surface area contributed by atoms with Crippen LogP contribution in [0.2, 0.25) is 5.02 Å². The van der Waals surface area contributed by atoms with E-state index in [9.17, 15) is 14.7 Å². The molecule has 0 saturated carbocycles. The van der Waals surface area contributed by atoms with E-state index in [0.29, 0.717) is 18.0 Å². The molecule has 242 valence electrons. The maximum atomic E-state index is 13.7. The van der Waals surface area contributed by atoms with Gasteiger partial charge in [-0.05, 0) is 87.3 Å². The highest BCUT2D eigenvalue weighted by Gasteiger charge is 2.60. The van der Waals surface area contributed by atoms with Crippen LogP contribution in [-0.2, 0) is 25.5 Å². The third kappa shape index (κ3) is 8.10. The van der Waals surface area contributed by atoms with Crippen molar-refractivity contribution in [3.63, 3.8) is 0 Å². The Labute approximate surface area is 270 Å². The largest absolute Gasteiger partial charge is 0.459 e. The van der Waals surface area contributed by atoms with E-state index in [1.54, 1.807) is 24.3 Å². The molecule has 1 heterocycles. The van der Waals surface area contributed by atoms with Gasteiger partial charge in [-0.15, -0.1) is 0 Å². The van der Waals surface area contributed by atoms with Gasteiger partial charge >= 0.3 is 17.7 Å². The molecule has 0 bridgehead atoms. The lowest BCUT2D eigenvalue weighted by atomic mass is 9.80. The summed E-state index contributed by atoms with van der Waals surface area (Å²) in [6.07, 6.45) is 13.4. The molecule has 9 heteroatoms. The first-order chi connectivity index (χ1) is 21.5. The molecule has 45 heavy (non-hydrogen) atoms. The van der Waals surface area contributed by atoms with Crippen molar-refractivity contribution in [3.05, 3.63) is 82.9 Å². The molecule has 3 aliphatic rings. The highest BCUT2D eigenvalue weighted by molar-refractivity contribution is 6.30. The molecule has 4 atom stereocenters. The van der Waals surface area contributed by atoms with Gasteiger partial charge in [0.05, 0.1) is 19.3 Å². The fraction of sp³-hybridized carbons (Fsp3) is 0.500. The van der Waals surface area contributed by atoms with E-state index in [0.717, 1.165) is 49.7 Å². The molecule has 0 saturated heterocycles. The van der Waals surface area contributed by atoms with Gasteiger partial charge < -0.3 is 29.4 Å². The van der Waals surface area contributed by atoms with E-state index in [1.807, 2.05) is 25.1 Å². The van der Waals surface area contributed by atoms with Crippen molar-refractivity contribution in [3.8, 4) is 11.5 Å². The zero-order valence-electron chi connectivity index (χ0n) is 26.4. The van der Waals surface area contributed by atoms with Crippen LogP contribution in [0.4, 0.5) is 0 Å². The molecule has 2 unspecified atom stereocenters. The minimum atomic E-state index is -2.38. The van der Waals surface area contributed by atoms with E-state index in [2.05, 4.69) is 43.5 Å². The number of fused-ring (bicyclic) bond motifs is 1. The summed E-state index contributed by atoms with van der Waals surface area (Å²) in [5.74, 6) is -3.68. The lowest BCUT2D eigenvalue weighted by Gasteiger charge is -2.33. The Morgan fingerprint density at radius 2 is 1.53 bits per heavy atom. The van der Waals surface area contributed by atoms with Crippen LogP contribution in [0.3, 0.4) is 0 Å². The Bertz CT molecular complexity index is 1390. The molecule has 0 spiro atoms. The lowest BCUT2D eigenvalue weighted by molar-refractivity contribution is -0.206. The third-order valence-electron chi connectivity index (χ3n) is 8.98. The van der Waals surface area contributed by atoms with E-state index in [4.69, 9.17) is 30.5 Å². The van der Waals surface area contributed by atoms with E-state index in [-0.39, 0.29) is 41.6 Å². The molecule has 5 rings (SSSR count). The van der Waals surface area contributed by atoms with Gasteiger partial charge in [0, 0.05) is 28.4 Å². The summed E-state index contributed by atoms with van der Waals surface area (Å²) in [4.78, 5) is 27.4. The number of rotatable bonds is 12. The molecule has 2 N–H and O–H groups in total. The van der Waals surface area contributed by atoms with Crippen molar-refractivity contribution in [2.45, 2.75) is 83.6 Å². The smallest absolute Gasteiger partial charge is 0.453 e. The van der Waals surface area contributed by atoms with Crippen LogP contribution >= 0.6 is 11.6 Å². The first kappa shape index (κ1) is 33.0. The predicted molar refractivity (Wildman–Crippen MR) is 172 cm³/mol. The molecule has 0 fully saturated rings. The molecule has 0 aromatic heterocycles. The van der Waals surface area contributed by atoms with E-state index < -0.39 is 23.8 Å². The first-order valence-electron chi connectivity index (χ1n) is 15.8. The maximum absolute atomic E-state index is 13.7. The van der Waals surface area contributed by atoms with Crippen LogP contribution in [0.25, 0.3) is 0 Å². The minimum Gasteiger partial charge on any atom is -0.459 e. The molecular weight excluding hydrogens is 594 g/mol. The van der Waals surface area contributed by atoms with Crippen molar-refractivity contribution in [2.24, 2.45) is 10.8 Å². The van der Waals surface area contributed by atoms with Gasteiger partial charge in [0.15, 0.2) is 11.5 Å². The number of halogens is 1. The summed E-state index contributed by atoms with van der Waals surface area (Å²) >= 11 is 6.07. The molecule has 0 amide bonds. The number of hydrogen-bond donors (Lipinski definition) is 2. The number of benzene rings is 2. The average molecular weight is 638 g/mol. The molecule has 8 nitrogen and oxygen atoms in total. The van der Waals surface area contributed by atoms with E-state index >= 15 is 0 Å². The molecule has 2 aromatic rings. The van der Waals surface area contributed by atoms with Crippen molar-refractivity contribution in [1.82, 2.24) is 5.32 Å². The number of ether oxygens (including phenoxy) is 4. The Kier molecular flexibility index (Phi) is 10.3. The second kappa shape index (κ2) is 14.0. The van der Waals surface area contributed by atoms with Crippen molar-refractivity contribution < 1.29 is 33.6 Å². The quantitative estimate of drug-likeness (QED) is 0.152. The summed E-state index contributed by atoms with van der Waals surface area (Å²) in [5.41, 5.74) is 1.16. The Morgan fingerprint density at radius 3 is 2.11 bits per heavy atom. The summed E-state index contributed by atoms with van der Waals surface area (Å²) in [6.45, 7) is 6.74. The summed E-state index contributed by atoms with van der Waals surface area (Å²) < 4.78 is 23.6. The van der Waals surface area contributed by atoms with Gasteiger partial charge in [-0.3, -0.25) is 0 Å². The van der Waals surface area contributed by atoms with Gasteiger partial charge in [-0.1, -0.05) is 68.0 Å². The number of esters is 2. The standard InChI is InChI=1S/C36H44ClNO7/c1-25(38-22-29(39)27-11-10-12-28(37)21-27)19-26-13-14-30-31(20-26)45-36(44-30,32(40)42-23-34(2)15-6-4-7-16-34)33(41)43-24-35(3)17-8-5-9-18-35/h4-6,8,10-14,20-21,25,29,38-39H,7,9,15-19,22-24H2,1-3H3/t25-,29+,34?,35?,36?/m1/s1. The third-order valence-corrected chi connectivity index (χ3v) is 9.21. The summed E-state index contributed by atoms with van der Waals surface area (Å²) in [5, 5.41) is 14.5. The zero-order valence-corrected chi connectivity index (χ0v) is 27.1. The van der Waals surface area contributed by atoms with Crippen LogP contribution in [0.1, 0.15) is 76.5 Å². The SMILES string of the molecule is C[C@H](Cc1ccc2c(c1)OC(C(=O)OCC1(C)CC=CCC1)(C(=O)OCC1(C)CC=CCC1)O2)NC[C@H](O)c1cccc(Cl)c1. The van der Waals surface area contributed by atoms with E-state index in [1.165, 1.54) is 0 Å². The van der Waals surface area contributed by atoms with Crippen LogP contribution < -0.4 is 14.8 Å². The van der Waals surface area contributed by atoms with Crippen LogP contribution in [0.5, 0.6) is 11.5 Å². The molecule has 2 aromatic carbocycles. The Hall–Kier alpha value is -3.33. The molecule has 2 aliphatic carbocycles. The normalized spacial score (nSPS) is 26.7. The van der Waals surface area contributed by atoms with Gasteiger partial charge in [0.25, 0.3) is 0 Å². The average Bonchev–Trinajstić information content (AvgIpc) is 3.42. The number of allylic oxidation sites excluding steroid dienone is 4. The predicted octanol–water partition coefficient (Wildman–Crippen LogP) is 6.64. The summed E-state index contributed by atoms with van der Waals surface area (Å²) in [6, 6.07) is 12.5. The number of carbonyl (C=O) groups excluding carboxylic acids is 2. The highest BCUT2D eigenvalue weighted by Crippen LogP contribution is 2.43. The molecule has 1 aliphatic heterocycles. The van der Waals surface area contributed by atoms with Crippen molar-refractivity contribution in [2.75, 3.05) is 19.8 Å². The number of aliphatic hydroxyl groups is 1. The first-order valence-corrected chi connectivity index (χ1v) is 16.2. The topological polar surface area (TPSA) is 103 Å². The zero-order chi connectivity index (χ0) is 32.1. The Morgan fingerprint density at radius 1 is 0.911 bits per heavy atom. The van der Waals surface area contributed by atoms with Crippen LogP contribution in [-0.4, -0.2) is 48.6 Å². The van der Waals surface area contributed by atoms with Crippen molar-refractivity contribution >= 4 is 23.5 Å². The van der Waals surface area contributed by atoms with Crippen LogP contribution in [0, 0.1) is 10.8 Å². The number of hydrogen-bond acceptors (Lipinski definition) is 8. The maximum Gasteiger partial charge on any atom is 0.453 e. The summed E-state index contributed by atoms with van der Waals surface area (Å²) in [7, 11) is 0. The van der Waals surface area contributed by atoms with Gasteiger partial charge in [-0.25, -0.2) is 9.59 Å². The number of nitrogens with one attached hydrogen (secondary N) is 1.